The fourth-order valence-corrected chi connectivity index (χ4v) is 6.06. The first-order valence-corrected chi connectivity index (χ1v) is 12.0. The number of ether oxygens (including phenoxy) is 1. The molecule has 8 heteroatoms. The van der Waals surface area contributed by atoms with Crippen molar-refractivity contribution in [1.29, 1.82) is 5.26 Å². The number of pyridine rings is 1. The molecule has 8 nitrogen and oxygen atoms in total. The highest BCUT2D eigenvalue weighted by atomic mass is 16.5. The van der Waals surface area contributed by atoms with Crippen molar-refractivity contribution in [2.75, 3.05) is 31.1 Å². The number of hydrogen-bond donors (Lipinski definition) is 1. The highest BCUT2D eigenvalue weighted by Gasteiger charge is 2.50. The zero-order valence-electron chi connectivity index (χ0n) is 20.3. The van der Waals surface area contributed by atoms with Gasteiger partial charge in [-0.05, 0) is 50.5 Å². The normalized spacial score (nSPS) is 19.6. The van der Waals surface area contributed by atoms with Gasteiger partial charge in [0.15, 0.2) is 0 Å². The summed E-state index contributed by atoms with van der Waals surface area (Å²) in [6, 6.07) is 6.60. The number of nitrogens with zero attached hydrogens (tertiary/aromatic N) is 5. The van der Waals surface area contributed by atoms with E-state index in [0.717, 1.165) is 71.5 Å². The molecular formula is C27H28N6O2. The molecule has 3 aliphatic heterocycles. The van der Waals surface area contributed by atoms with Gasteiger partial charge in [0.25, 0.3) is 0 Å². The number of aromatic amines is 1. The zero-order valence-corrected chi connectivity index (χ0v) is 20.3. The lowest BCUT2D eigenvalue weighted by molar-refractivity contribution is -0.136. The van der Waals surface area contributed by atoms with Crippen LogP contribution in [0.2, 0.25) is 0 Å². The maximum atomic E-state index is 12.0. The number of aromatic nitrogens is 3. The van der Waals surface area contributed by atoms with Crippen LogP contribution in [0.5, 0.6) is 0 Å². The van der Waals surface area contributed by atoms with Gasteiger partial charge in [0.05, 0.1) is 24.0 Å². The maximum absolute atomic E-state index is 12.0. The van der Waals surface area contributed by atoms with E-state index in [9.17, 15) is 10.1 Å². The van der Waals surface area contributed by atoms with Gasteiger partial charge in [-0.1, -0.05) is 12.6 Å². The Kier molecular flexibility index (Phi) is 4.61. The van der Waals surface area contributed by atoms with Crippen LogP contribution < -0.4 is 4.90 Å². The molecule has 0 atom stereocenters. The lowest BCUT2D eigenvalue weighted by Crippen LogP contribution is -2.59. The predicted molar refractivity (Wildman–Crippen MR) is 133 cm³/mol. The molecule has 6 rings (SSSR count). The minimum absolute atomic E-state index is 0.0210. The molecule has 0 unspecified atom stereocenters. The number of hydrogen-bond acceptors (Lipinski definition) is 6. The van der Waals surface area contributed by atoms with Crippen molar-refractivity contribution in [3.05, 3.63) is 53.4 Å². The quantitative estimate of drug-likeness (QED) is 0.587. The standard InChI is InChI=1S/C27H28N6O2/c1-5-21(34)33-14-27(15-33)8-9-32(13-27)25-17(10-28)23(19-12-35-26(3,4)24(19)30-25)22-16(2)6-7-20-18(22)11-29-31-20/h5-7,11H,1,8-9,12-15H2,2-4H3,(H,29,31). The highest BCUT2D eigenvalue weighted by molar-refractivity contribution is 5.99. The Morgan fingerprint density at radius 2 is 2.09 bits per heavy atom. The minimum Gasteiger partial charge on any atom is -0.364 e. The Bertz CT molecular complexity index is 1440. The van der Waals surface area contributed by atoms with Gasteiger partial charge in [-0.3, -0.25) is 9.89 Å². The number of carbonyl (C=O) groups is 1. The van der Waals surface area contributed by atoms with Crippen LogP contribution in [-0.4, -0.2) is 52.2 Å². The fraction of sp³-hybridized carbons (Fsp3) is 0.407. The third kappa shape index (κ3) is 3.11. The summed E-state index contributed by atoms with van der Waals surface area (Å²) in [5.74, 6) is 0.692. The maximum Gasteiger partial charge on any atom is 0.245 e. The molecule has 2 fully saturated rings. The zero-order chi connectivity index (χ0) is 24.5. The first-order chi connectivity index (χ1) is 16.8. The van der Waals surface area contributed by atoms with E-state index in [0.29, 0.717) is 18.0 Å². The molecule has 1 spiro atoms. The molecular weight excluding hydrogens is 440 g/mol. The van der Waals surface area contributed by atoms with Gasteiger partial charge < -0.3 is 14.5 Å². The van der Waals surface area contributed by atoms with Gasteiger partial charge in [-0.15, -0.1) is 0 Å². The Balaban J connectivity index is 1.51. The summed E-state index contributed by atoms with van der Waals surface area (Å²) >= 11 is 0. The molecule has 2 aromatic heterocycles. The number of aryl methyl sites for hydroxylation is 1. The fourth-order valence-electron chi connectivity index (χ4n) is 6.06. The van der Waals surface area contributed by atoms with Crippen molar-refractivity contribution in [3.8, 4) is 17.2 Å². The number of anilines is 1. The molecule has 5 heterocycles. The van der Waals surface area contributed by atoms with Crippen molar-refractivity contribution in [2.24, 2.45) is 5.41 Å². The minimum atomic E-state index is -0.550. The first kappa shape index (κ1) is 21.8. The number of amides is 1. The lowest BCUT2D eigenvalue weighted by atomic mass is 9.79. The number of H-pyrrole nitrogens is 1. The number of fused-ring (bicyclic) bond motifs is 2. The molecule has 1 amide bonds. The molecule has 0 radical (unpaired) electrons. The molecule has 35 heavy (non-hydrogen) atoms. The van der Waals surface area contributed by atoms with Crippen LogP contribution in [0.4, 0.5) is 5.82 Å². The van der Waals surface area contributed by atoms with Crippen LogP contribution in [0.25, 0.3) is 22.0 Å². The smallest absolute Gasteiger partial charge is 0.245 e. The summed E-state index contributed by atoms with van der Waals surface area (Å²) in [7, 11) is 0. The van der Waals surface area contributed by atoms with Gasteiger partial charge in [0, 0.05) is 48.1 Å². The average molecular weight is 469 g/mol. The molecule has 1 N–H and O–H groups in total. The first-order valence-electron chi connectivity index (χ1n) is 12.0. The molecule has 3 aromatic rings. The van der Waals surface area contributed by atoms with Crippen LogP contribution >= 0.6 is 0 Å². The van der Waals surface area contributed by atoms with E-state index in [-0.39, 0.29) is 11.3 Å². The van der Waals surface area contributed by atoms with E-state index in [2.05, 4.69) is 40.7 Å². The third-order valence-electron chi connectivity index (χ3n) is 7.90. The molecule has 0 aliphatic carbocycles. The van der Waals surface area contributed by atoms with Crippen molar-refractivity contribution in [1.82, 2.24) is 20.1 Å². The Hall–Kier alpha value is -3.70. The Morgan fingerprint density at radius 1 is 1.29 bits per heavy atom. The predicted octanol–water partition coefficient (Wildman–Crippen LogP) is 3.80. The van der Waals surface area contributed by atoms with Crippen LogP contribution in [0.15, 0.2) is 31.0 Å². The van der Waals surface area contributed by atoms with Crippen LogP contribution in [0.3, 0.4) is 0 Å². The van der Waals surface area contributed by atoms with Crippen molar-refractivity contribution >= 4 is 22.6 Å². The van der Waals surface area contributed by atoms with Crippen LogP contribution in [-0.2, 0) is 21.7 Å². The topological polar surface area (TPSA) is 98.1 Å². The van der Waals surface area contributed by atoms with Crippen molar-refractivity contribution in [2.45, 2.75) is 39.4 Å². The third-order valence-corrected chi connectivity index (χ3v) is 7.90. The van der Waals surface area contributed by atoms with Crippen LogP contribution in [0.1, 0.15) is 42.7 Å². The number of nitriles is 1. The van der Waals surface area contributed by atoms with E-state index in [4.69, 9.17) is 9.72 Å². The second kappa shape index (κ2) is 7.40. The van der Waals surface area contributed by atoms with E-state index in [1.807, 2.05) is 31.0 Å². The largest absolute Gasteiger partial charge is 0.364 e. The average Bonchev–Trinajstić information content (AvgIpc) is 3.54. The van der Waals surface area contributed by atoms with E-state index in [1.165, 1.54) is 6.08 Å². The van der Waals surface area contributed by atoms with Crippen LogP contribution in [0, 0.1) is 23.7 Å². The summed E-state index contributed by atoms with van der Waals surface area (Å²) < 4.78 is 6.18. The summed E-state index contributed by atoms with van der Waals surface area (Å²) in [6.45, 7) is 13.2. The van der Waals surface area contributed by atoms with Gasteiger partial charge in [0.1, 0.15) is 23.1 Å². The van der Waals surface area contributed by atoms with E-state index < -0.39 is 5.60 Å². The molecule has 178 valence electrons. The van der Waals surface area contributed by atoms with Gasteiger partial charge >= 0.3 is 0 Å². The molecule has 3 aliphatic rings. The molecule has 0 bridgehead atoms. The van der Waals surface area contributed by atoms with Gasteiger partial charge in [0.2, 0.25) is 5.91 Å². The summed E-state index contributed by atoms with van der Waals surface area (Å²) in [5.41, 5.74) is 5.86. The molecule has 2 saturated heterocycles. The van der Waals surface area contributed by atoms with E-state index in [1.54, 1.807) is 0 Å². The summed E-state index contributed by atoms with van der Waals surface area (Å²) in [5, 5.41) is 18.8. The van der Waals surface area contributed by atoms with Crippen molar-refractivity contribution < 1.29 is 9.53 Å². The number of rotatable bonds is 3. The van der Waals surface area contributed by atoms with Gasteiger partial charge in [-0.2, -0.15) is 10.4 Å². The number of likely N-dealkylation sites (tertiary alicyclic amines) is 1. The monoisotopic (exact) mass is 468 g/mol. The van der Waals surface area contributed by atoms with E-state index >= 15 is 0 Å². The van der Waals surface area contributed by atoms with Gasteiger partial charge in [-0.25, -0.2) is 4.98 Å². The highest BCUT2D eigenvalue weighted by Crippen LogP contribution is 2.48. The number of nitrogens with one attached hydrogen (secondary N) is 1. The Labute approximate surface area is 204 Å². The number of carbonyl (C=O) groups excluding carboxylic acids is 1. The second-order valence-electron chi connectivity index (χ2n) is 10.6. The Morgan fingerprint density at radius 3 is 2.83 bits per heavy atom. The molecule has 1 aromatic carbocycles. The lowest BCUT2D eigenvalue weighted by Gasteiger charge is -2.47. The summed E-state index contributed by atoms with van der Waals surface area (Å²) in [4.78, 5) is 21.2. The summed E-state index contributed by atoms with van der Waals surface area (Å²) in [6.07, 6.45) is 4.17. The molecule has 0 saturated carbocycles. The second-order valence-corrected chi connectivity index (χ2v) is 10.6. The van der Waals surface area contributed by atoms with Crippen molar-refractivity contribution in [3.63, 3.8) is 0 Å². The number of benzene rings is 1. The SMILES string of the molecule is C=CC(=O)N1CC2(CCN(c3nc4c(c(-c5c(C)ccc6[nH]ncc56)c3C#N)COC4(C)C)C2)C1.